The van der Waals surface area contributed by atoms with Crippen molar-refractivity contribution in [2.75, 3.05) is 20.3 Å². The van der Waals surface area contributed by atoms with Gasteiger partial charge >= 0.3 is 0 Å². The van der Waals surface area contributed by atoms with Crippen LogP contribution in [0.25, 0.3) is 0 Å². The summed E-state index contributed by atoms with van der Waals surface area (Å²) in [4.78, 5) is 0. The molecule has 16 atom stereocenters. The standard InChI is InChI=1S/C19H34O16/c1-31-16-11(26)10(25)12(27)17(15(16)30)35-19-14(29)9(24)7(22)5(34-19)3-32-18-13(28)8(23)6(21)4(2-20)33-18/h4-30H,2-3H2,1H3. The molecule has 0 aromatic carbocycles. The Morgan fingerprint density at radius 2 is 1.03 bits per heavy atom. The predicted molar refractivity (Wildman–Crippen MR) is 106 cm³/mol. The fourth-order valence-corrected chi connectivity index (χ4v) is 4.34. The Morgan fingerprint density at radius 1 is 0.543 bits per heavy atom. The van der Waals surface area contributed by atoms with E-state index in [-0.39, 0.29) is 0 Å². The lowest BCUT2D eigenvalue weighted by molar-refractivity contribution is -0.351. The Balaban J connectivity index is 1.68. The van der Waals surface area contributed by atoms with Crippen molar-refractivity contribution in [2.45, 2.75) is 98.0 Å². The first-order valence-corrected chi connectivity index (χ1v) is 11.0. The van der Waals surface area contributed by atoms with Crippen molar-refractivity contribution in [1.82, 2.24) is 0 Å². The van der Waals surface area contributed by atoms with Crippen LogP contribution in [0, 0.1) is 0 Å². The molecular weight excluding hydrogens is 484 g/mol. The van der Waals surface area contributed by atoms with E-state index in [0.29, 0.717) is 0 Å². The van der Waals surface area contributed by atoms with Crippen LogP contribution in [-0.4, -0.2) is 175 Å². The SMILES string of the molecule is COC1C(O)C(O)C(O)C(OC2OC(COC3OC(CO)C(O)C(O)C3O)C(O)C(O)C2O)C1O. The lowest BCUT2D eigenvalue weighted by Gasteiger charge is -2.47. The molecule has 1 aliphatic carbocycles. The van der Waals surface area contributed by atoms with E-state index >= 15 is 0 Å². The maximum Gasteiger partial charge on any atom is 0.187 e. The topological polar surface area (TPSA) is 269 Å². The van der Waals surface area contributed by atoms with Crippen molar-refractivity contribution < 1.29 is 79.9 Å². The molecule has 206 valence electrons. The molecule has 0 bridgehead atoms. The molecule has 3 fully saturated rings. The Kier molecular flexibility index (Phi) is 9.77. The first kappa shape index (κ1) is 28.9. The molecular formula is C19H34O16. The lowest BCUT2D eigenvalue weighted by atomic mass is 9.84. The zero-order valence-corrected chi connectivity index (χ0v) is 18.6. The van der Waals surface area contributed by atoms with Crippen LogP contribution in [0.3, 0.4) is 0 Å². The fraction of sp³-hybridized carbons (Fsp3) is 1.00. The van der Waals surface area contributed by atoms with Gasteiger partial charge in [0, 0.05) is 7.11 Å². The van der Waals surface area contributed by atoms with Crippen LogP contribution in [-0.2, 0) is 23.7 Å². The summed E-state index contributed by atoms with van der Waals surface area (Å²) in [5.74, 6) is 0. The number of hydrogen-bond acceptors (Lipinski definition) is 16. The van der Waals surface area contributed by atoms with Crippen molar-refractivity contribution in [1.29, 1.82) is 0 Å². The summed E-state index contributed by atoms with van der Waals surface area (Å²) in [5.41, 5.74) is 0. The lowest BCUT2D eigenvalue weighted by Crippen LogP contribution is -2.67. The maximum atomic E-state index is 10.4. The van der Waals surface area contributed by atoms with Gasteiger partial charge in [0.25, 0.3) is 0 Å². The van der Waals surface area contributed by atoms with Crippen molar-refractivity contribution in [3.05, 3.63) is 0 Å². The highest BCUT2D eigenvalue weighted by molar-refractivity contribution is 5.01. The normalized spacial score (nSPS) is 53.5. The van der Waals surface area contributed by atoms with E-state index in [9.17, 15) is 56.2 Å². The molecule has 3 aliphatic rings. The molecule has 0 spiro atoms. The second kappa shape index (κ2) is 11.8. The highest BCUT2D eigenvalue weighted by Gasteiger charge is 2.53. The van der Waals surface area contributed by atoms with E-state index in [0.717, 1.165) is 7.11 Å². The van der Waals surface area contributed by atoms with Crippen LogP contribution in [0.1, 0.15) is 0 Å². The molecule has 3 rings (SSSR count). The quantitative estimate of drug-likeness (QED) is 0.149. The highest BCUT2D eigenvalue weighted by atomic mass is 16.7. The van der Waals surface area contributed by atoms with Gasteiger partial charge in [0.15, 0.2) is 12.6 Å². The Labute approximate surface area is 199 Å². The zero-order valence-electron chi connectivity index (χ0n) is 18.6. The van der Waals surface area contributed by atoms with Gasteiger partial charge in [-0.15, -0.1) is 0 Å². The smallest absolute Gasteiger partial charge is 0.187 e. The molecule has 2 heterocycles. The highest BCUT2D eigenvalue weighted by Crippen LogP contribution is 2.31. The molecule has 2 aliphatic heterocycles. The van der Waals surface area contributed by atoms with Gasteiger partial charge in [-0.25, -0.2) is 0 Å². The van der Waals surface area contributed by atoms with Gasteiger partial charge in [-0.2, -0.15) is 0 Å². The van der Waals surface area contributed by atoms with Gasteiger partial charge in [0.05, 0.1) is 13.2 Å². The molecule has 0 aromatic heterocycles. The number of aliphatic hydroxyl groups excluding tert-OH is 11. The van der Waals surface area contributed by atoms with Crippen LogP contribution in [0.15, 0.2) is 0 Å². The molecule has 35 heavy (non-hydrogen) atoms. The van der Waals surface area contributed by atoms with Crippen molar-refractivity contribution in [3.8, 4) is 0 Å². The predicted octanol–water partition coefficient (Wildman–Crippen LogP) is -7.53. The molecule has 16 heteroatoms. The van der Waals surface area contributed by atoms with E-state index in [4.69, 9.17) is 23.7 Å². The number of methoxy groups -OCH3 is 1. The fourth-order valence-electron chi connectivity index (χ4n) is 4.34. The first-order chi connectivity index (χ1) is 16.4. The van der Waals surface area contributed by atoms with E-state index in [2.05, 4.69) is 0 Å². The largest absolute Gasteiger partial charge is 0.394 e. The van der Waals surface area contributed by atoms with E-state index in [1.807, 2.05) is 0 Å². The molecule has 2 saturated heterocycles. The molecule has 0 amide bonds. The third-order valence-electron chi connectivity index (χ3n) is 6.55. The number of hydrogen-bond donors (Lipinski definition) is 11. The molecule has 0 radical (unpaired) electrons. The van der Waals surface area contributed by atoms with Crippen molar-refractivity contribution in [3.63, 3.8) is 0 Å². The molecule has 16 unspecified atom stereocenters. The van der Waals surface area contributed by atoms with Crippen molar-refractivity contribution >= 4 is 0 Å². The monoisotopic (exact) mass is 518 g/mol. The number of rotatable bonds is 7. The summed E-state index contributed by atoms with van der Waals surface area (Å²) in [5, 5.41) is 110. The zero-order chi connectivity index (χ0) is 26.2. The average molecular weight is 518 g/mol. The Morgan fingerprint density at radius 3 is 1.60 bits per heavy atom. The van der Waals surface area contributed by atoms with Gasteiger partial charge in [0.1, 0.15) is 85.5 Å². The summed E-state index contributed by atoms with van der Waals surface area (Å²) >= 11 is 0. The van der Waals surface area contributed by atoms with Gasteiger partial charge in [-0.1, -0.05) is 0 Å². The minimum Gasteiger partial charge on any atom is -0.394 e. The Hall–Kier alpha value is -0.640. The molecule has 0 aromatic rings. The van der Waals surface area contributed by atoms with E-state index < -0.39 is 111 Å². The second-order valence-corrected chi connectivity index (χ2v) is 8.81. The van der Waals surface area contributed by atoms with Gasteiger partial charge in [0.2, 0.25) is 0 Å². The summed E-state index contributed by atoms with van der Waals surface area (Å²) in [6.45, 7) is -1.32. The second-order valence-electron chi connectivity index (χ2n) is 8.81. The van der Waals surface area contributed by atoms with Crippen LogP contribution in [0.5, 0.6) is 0 Å². The third-order valence-corrected chi connectivity index (χ3v) is 6.55. The number of ether oxygens (including phenoxy) is 5. The van der Waals surface area contributed by atoms with Gasteiger partial charge < -0.3 is 79.9 Å². The minimum atomic E-state index is -1.89. The number of aliphatic hydroxyl groups is 11. The van der Waals surface area contributed by atoms with Crippen LogP contribution < -0.4 is 0 Å². The molecule has 16 nitrogen and oxygen atoms in total. The van der Waals surface area contributed by atoms with Crippen LogP contribution in [0.2, 0.25) is 0 Å². The van der Waals surface area contributed by atoms with Crippen molar-refractivity contribution in [2.24, 2.45) is 0 Å². The Bertz CT molecular complexity index is 669. The van der Waals surface area contributed by atoms with E-state index in [1.165, 1.54) is 0 Å². The van der Waals surface area contributed by atoms with Crippen LogP contribution >= 0.6 is 0 Å². The van der Waals surface area contributed by atoms with E-state index in [1.54, 1.807) is 0 Å². The minimum absolute atomic E-state index is 0.620. The molecule has 1 saturated carbocycles. The average Bonchev–Trinajstić information content (AvgIpc) is 2.84. The molecule has 11 N–H and O–H groups in total. The maximum absolute atomic E-state index is 10.4. The summed E-state index contributed by atoms with van der Waals surface area (Å²) in [6, 6.07) is 0. The first-order valence-electron chi connectivity index (χ1n) is 11.0. The third kappa shape index (κ3) is 5.63. The summed E-state index contributed by atoms with van der Waals surface area (Å²) in [6.07, 6.45) is -26.7. The van der Waals surface area contributed by atoms with Gasteiger partial charge in [-0.05, 0) is 0 Å². The summed E-state index contributed by atoms with van der Waals surface area (Å²) in [7, 11) is 1.14. The van der Waals surface area contributed by atoms with Gasteiger partial charge in [-0.3, -0.25) is 0 Å². The summed E-state index contributed by atoms with van der Waals surface area (Å²) < 4.78 is 26.3. The van der Waals surface area contributed by atoms with Crippen LogP contribution in [0.4, 0.5) is 0 Å².